The predicted molar refractivity (Wildman–Crippen MR) is 67.3 cm³/mol. The summed E-state index contributed by atoms with van der Waals surface area (Å²) >= 11 is 0. The smallest absolute Gasteiger partial charge is 0.240 e. The lowest BCUT2D eigenvalue weighted by molar-refractivity contribution is -0.121. The first-order chi connectivity index (χ1) is 8.72. The topological polar surface area (TPSA) is 70.6 Å². The molecule has 0 bridgehead atoms. The van der Waals surface area contributed by atoms with Crippen LogP contribution in [0.3, 0.4) is 0 Å². The van der Waals surface area contributed by atoms with E-state index in [0.29, 0.717) is 19.3 Å². The maximum atomic E-state index is 11.3. The van der Waals surface area contributed by atoms with E-state index in [1.165, 1.54) is 0 Å². The Kier molecular flexibility index (Phi) is 2.59. The molecule has 92 valence electrons. The van der Waals surface area contributed by atoms with Gasteiger partial charge < -0.3 is 5.32 Å². The molecule has 2 heterocycles. The monoisotopic (exact) mass is 243 g/mol. The summed E-state index contributed by atoms with van der Waals surface area (Å²) in [6.07, 6.45) is 2.43. The van der Waals surface area contributed by atoms with Crippen molar-refractivity contribution < 1.29 is 9.59 Å². The summed E-state index contributed by atoms with van der Waals surface area (Å²) in [5.41, 5.74) is 6.43. The van der Waals surface area contributed by atoms with Crippen LogP contribution in [0, 0.1) is 0 Å². The number of hydrazone groups is 1. The second kappa shape index (κ2) is 4.25. The fraction of sp³-hybridized carbons (Fsp3) is 0.308. The number of nitrogens with zero attached hydrogens (tertiary/aromatic N) is 1. The maximum Gasteiger partial charge on any atom is 0.240 e. The van der Waals surface area contributed by atoms with Gasteiger partial charge in [-0.1, -0.05) is 6.07 Å². The summed E-state index contributed by atoms with van der Waals surface area (Å²) in [7, 11) is 0. The Morgan fingerprint density at radius 2 is 1.83 bits per heavy atom. The molecule has 0 spiro atoms. The third-order valence-electron chi connectivity index (χ3n) is 3.24. The molecule has 0 aromatic heterocycles. The molecular formula is C13H13N3O2. The van der Waals surface area contributed by atoms with Crippen molar-refractivity contribution in [2.24, 2.45) is 5.10 Å². The molecular weight excluding hydrogens is 230 g/mol. The molecule has 0 saturated carbocycles. The van der Waals surface area contributed by atoms with E-state index < -0.39 is 0 Å². The number of fused-ring (bicyclic) bond motifs is 1. The lowest BCUT2D eigenvalue weighted by Crippen LogP contribution is -2.26. The van der Waals surface area contributed by atoms with Crippen LogP contribution in [0.5, 0.6) is 0 Å². The largest absolute Gasteiger partial charge is 0.326 e. The number of aryl methyl sites for hydroxylation is 1. The fourth-order valence-electron chi connectivity index (χ4n) is 2.25. The number of hydrogen-bond acceptors (Lipinski definition) is 3. The number of nitrogens with one attached hydrogen (secondary N) is 2. The number of anilines is 1. The van der Waals surface area contributed by atoms with Gasteiger partial charge in [-0.15, -0.1) is 0 Å². The summed E-state index contributed by atoms with van der Waals surface area (Å²) in [5, 5.41) is 6.92. The van der Waals surface area contributed by atoms with E-state index in [4.69, 9.17) is 0 Å². The molecule has 1 aromatic carbocycles. The number of benzene rings is 1. The highest BCUT2D eigenvalue weighted by atomic mass is 16.2. The maximum absolute atomic E-state index is 11.3. The molecule has 2 aliphatic heterocycles. The average Bonchev–Trinajstić information content (AvgIpc) is 2.39. The molecule has 0 atom stereocenters. The van der Waals surface area contributed by atoms with Crippen LogP contribution < -0.4 is 10.7 Å². The highest BCUT2D eigenvalue weighted by Gasteiger charge is 2.18. The number of rotatable bonds is 1. The molecule has 0 unspecified atom stereocenters. The van der Waals surface area contributed by atoms with Crippen molar-refractivity contribution in [3.8, 4) is 0 Å². The molecule has 5 nitrogen and oxygen atoms in total. The van der Waals surface area contributed by atoms with Crippen LogP contribution in [0.15, 0.2) is 23.3 Å². The SMILES string of the molecule is O=C1CCC(c2ccc3c(c2)CCC(=O)N3)=NN1. The number of hydrogen-bond donors (Lipinski definition) is 2. The number of amides is 2. The molecule has 0 aliphatic carbocycles. The minimum atomic E-state index is -0.0380. The van der Waals surface area contributed by atoms with Crippen molar-refractivity contribution in [2.75, 3.05) is 5.32 Å². The van der Waals surface area contributed by atoms with Gasteiger partial charge >= 0.3 is 0 Å². The quantitative estimate of drug-likeness (QED) is 0.777. The molecule has 5 heteroatoms. The molecule has 0 saturated heterocycles. The summed E-state index contributed by atoms with van der Waals surface area (Å²) in [6, 6.07) is 5.88. The van der Waals surface area contributed by atoms with Gasteiger partial charge in [0.1, 0.15) is 0 Å². The second-order valence-electron chi connectivity index (χ2n) is 4.51. The highest BCUT2D eigenvalue weighted by molar-refractivity contribution is 6.05. The lowest BCUT2D eigenvalue weighted by Gasteiger charge is -2.19. The summed E-state index contributed by atoms with van der Waals surface area (Å²) in [5.74, 6) is 0.0292. The Hall–Kier alpha value is -2.17. The van der Waals surface area contributed by atoms with Crippen molar-refractivity contribution in [3.05, 3.63) is 29.3 Å². The molecule has 2 amide bonds. The van der Waals surface area contributed by atoms with Crippen molar-refractivity contribution in [3.63, 3.8) is 0 Å². The zero-order valence-electron chi connectivity index (χ0n) is 9.82. The van der Waals surface area contributed by atoms with Crippen molar-refractivity contribution in [1.82, 2.24) is 5.43 Å². The summed E-state index contributed by atoms with van der Waals surface area (Å²) < 4.78 is 0. The molecule has 0 fully saturated rings. The van der Waals surface area contributed by atoms with Gasteiger partial charge in [0.25, 0.3) is 0 Å². The Labute approximate surface area is 104 Å². The summed E-state index contributed by atoms with van der Waals surface area (Å²) in [4.78, 5) is 22.3. The van der Waals surface area contributed by atoms with E-state index in [1.807, 2.05) is 18.2 Å². The van der Waals surface area contributed by atoms with E-state index in [9.17, 15) is 9.59 Å². The van der Waals surface area contributed by atoms with Crippen LogP contribution in [-0.2, 0) is 16.0 Å². The Bertz CT molecular complexity index is 563. The van der Waals surface area contributed by atoms with Crippen LogP contribution in [0.25, 0.3) is 0 Å². The van der Waals surface area contributed by atoms with Gasteiger partial charge in [0.2, 0.25) is 11.8 Å². The molecule has 18 heavy (non-hydrogen) atoms. The first-order valence-corrected chi connectivity index (χ1v) is 6.01. The van der Waals surface area contributed by atoms with Crippen LogP contribution >= 0.6 is 0 Å². The second-order valence-corrected chi connectivity index (χ2v) is 4.51. The number of carbonyl (C=O) groups excluding carboxylic acids is 2. The van der Waals surface area contributed by atoms with E-state index >= 15 is 0 Å². The van der Waals surface area contributed by atoms with Gasteiger partial charge in [0, 0.05) is 24.9 Å². The number of carbonyl (C=O) groups is 2. The van der Waals surface area contributed by atoms with Gasteiger partial charge in [-0.25, -0.2) is 5.43 Å². The van der Waals surface area contributed by atoms with Crippen molar-refractivity contribution in [1.29, 1.82) is 0 Å². The molecule has 3 rings (SSSR count). The van der Waals surface area contributed by atoms with Crippen molar-refractivity contribution >= 4 is 23.2 Å². The molecule has 2 N–H and O–H groups in total. The Morgan fingerprint density at radius 1 is 1.00 bits per heavy atom. The predicted octanol–water partition coefficient (Wildman–Crippen LogP) is 1.19. The minimum absolute atomic E-state index is 0.0380. The molecule has 0 radical (unpaired) electrons. The fourth-order valence-corrected chi connectivity index (χ4v) is 2.25. The van der Waals surface area contributed by atoms with E-state index in [-0.39, 0.29) is 11.8 Å². The van der Waals surface area contributed by atoms with Crippen molar-refractivity contribution in [2.45, 2.75) is 25.7 Å². The third-order valence-corrected chi connectivity index (χ3v) is 3.24. The molecule has 2 aliphatic rings. The van der Waals surface area contributed by atoms with E-state index in [1.54, 1.807) is 0 Å². The van der Waals surface area contributed by atoms with Crippen LogP contribution in [-0.4, -0.2) is 17.5 Å². The van der Waals surface area contributed by atoms with Crippen LogP contribution in [0.4, 0.5) is 5.69 Å². The molecule has 1 aromatic rings. The normalized spacial score (nSPS) is 18.6. The Balaban J connectivity index is 1.91. The van der Waals surface area contributed by atoms with E-state index in [0.717, 1.165) is 28.9 Å². The average molecular weight is 243 g/mol. The van der Waals surface area contributed by atoms with E-state index in [2.05, 4.69) is 15.8 Å². The highest BCUT2D eigenvalue weighted by Crippen LogP contribution is 2.24. The zero-order valence-corrected chi connectivity index (χ0v) is 9.82. The first-order valence-electron chi connectivity index (χ1n) is 6.01. The van der Waals surface area contributed by atoms with Gasteiger partial charge in [-0.05, 0) is 29.7 Å². The zero-order chi connectivity index (χ0) is 12.5. The minimum Gasteiger partial charge on any atom is -0.326 e. The third kappa shape index (κ3) is 1.99. The Morgan fingerprint density at radius 3 is 2.61 bits per heavy atom. The van der Waals surface area contributed by atoms with Gasteiger partial charge in [0.05, 0.1) is 5.71 Å². The van der Waals surface area contributed by atoms with Gasteiger partial charge in [-0.3, -0.25) is 9.59 Å². The van der Waals surface area contributed by atoms with Crippen LogP contribution in [0.1, 0.15) is 30.4 Å². The first kappa shape index (κ1) is 11.0. The van der Waals surface area contributed by atoms with Crippen LogP contribution in [0.2, 0.25) is 0 Å². The standard InChI is InChI=1S/C13H13N3O2/c17-12-5-2-8-7-9(1-3-10(8)14-12)11-4-6-13(18)16-15-11/h1,3,7H,2,4-6H2,(H,14,17)(H,16,18). The van der Waals surface area contributed by atoms with Gasteiger partial charge in [-0.2, -0.15) is 5.10 Å². The summed E-state index contributed by atoms with van der Waals surface area (Å²) in [6.45, 7) is 0. The van der Waals surface area contributed by atoms with Gasteiger partial charge in [0.15, 0.2) is 0 Å². The lowest BCUT2D eigenvalue weighted by atomic mass is 9.97.